The van der Waals surface area contributed by atoms with Crippen LogP contribution in [-0.2, 0) is 40.1 Å². The predicted octanol–water partition coefficient (Wildman–Crippen LogP) is 4.92. The molecule has 0 saturated carbocycles. The zero-order valence-electron chi connectivity index (χ0n) is 19.2. The molecule has 0 radical (unpaired) electrons. The van der Waals surface area contributed by atoms with E-state index in [0.29, 0.717) is 11.4 Å². The molecule has 2 amide bonds. The number of thiophene rings is 1. The van der Waals surface area contributed by atoms with Crippen molar-refractivity contribution in [2.45, 2.75) is 59.4 Å². The first-order valence-corrected chi connectivity index (χ1v) is 12.2. The minimum Gasteiger partial charge on any atom is -0.461 e. The Balaban J connectivity index is 1.78. The first-order chi connectivity index (χ1) is 15.9. The number of hydrogen-bond acceptors (Lipinski definition) is 5. The number of amides is 2. The van der Waals surface area contributed by atoms with Crippen molar-refractivity contribution in [3.63, 3.8) is 0 Å². The number of anilines is 2. The van der Waals surface area contributed by atoms with E-state index in [1.54, 1.807) is 22.8 Å². The molecule has 0 aliphatic heterocycles. The van der Waals surface area contributed by atoms with E-state index in [9.17, 15) is 14.4 Å². The monoisotopic (exact) mass is 467 g/mol. The number of nitrogens with one attached hydrogen (secondary N) is 2. The van der Waals surface area contributed by atoms with Gasteiger partial charge in [-0.25, -0.2) is 4.79 Å². The molecule has 8 heteroatoms. The summed E-state index contributed by atoms with van der Waals surface area (Å²) in [5.41, 5.74) is 3.73. The number of carbonyl (C=O) groups excluding carboxylic acids is 3. The summed E-state index contributed by atoms with van der Waals surface area (Å²) < 4.78 is 7.03. The molecule has 0 saturated heterocycles. The predicted molar refractivity (Wildman–Crippen MR) is 131 cm³/mol. The van der Waals surface area contributed by atoms with Gasteiger partial charge in [-0.1, -0.05) is 19.1 Å². The van der Waals surface area contributed by atoms with E-state index in [0.717, 1.165) is 42.3 Å². The van der Waals surface area contributed by atoms with E-state index in [2.05, 4.69) is 17.6 Å². The second-order valence-corrected chi connectivity index (χ2v) is 9.28. The van der Waals surface area contributed by atoms with E-state index >= 15 is 0 Å². The van der Waals surface area contributed by atoms with Crippen LogP contribution >= 0.6 is 11.3 Å². The van der Waals surface area contributed by atoms with Gasteiger partial charge >= 0.3 is 5.97 Å². The van der Waals surface area contributed by atoms with Crippen LogP contribution < -0.4 is 10.6 Å². The van der Waals surface area contributed by atoms with Crippen molar-refractivity contribution in [1.29, 1.82) is 0 Å². The van der Waals surface area contributed by atoms with E-state index in [1.807, 2.05) is 24.3 Å². The first-order valence-electron chi connectivity index (χ1n) is 11.4. The van der Waals surface area contributed by atoms with Crippen LogP contribution in [-0.4, -0.2) is 29.0 Å². The van der Waals surface area contributed by atoms with Gasteiger partial charge in [0.2, 0.25) is 11.8 Å². The van der Waals surface area contributed by atoms with Gasteiger partial charge in [0.15, 0.2) is 5.69 Å². The van der Waals surface area contributed by atoms with Gasteiger partial charge in [0.05, 0.1) is 12.3 Å². The van der Waals surface area contributed by atoms with E-state index in [1.165, 1.54) is 22.9 Å². The largest absolute Gasteiger partial charge is 0.461 e. The maximum atomic E-state index is 13.0. The standard InChI is InChI=1S/C25H29N3O4S/c1-4-16-10-12-17(13-11-16)27-20(30)14-28-23(25(31)32-5-2)22(26-15(3)29)21-18-8-6-7-9-19(18)33-24(21)28/h10-13H,4-9,14H2,1-3H3,(H,26,29)(H,27,30). The zero-order valence-corrected chi connectivity index (χ0v) is 20.1. The van der Waals surface area contributed by atoms with Crippen molar-refractivity contribution in [3.8, 4) is 0 Å². The molecular formula is C25H29N3O4S. The normalized spacial score (nSPS) is 12.9. The molecule has 2 heterocycles. The third-order valence-corrected chi connectivity index (χ3v) is 7.19. The lowest BCUT2D eigenvalue weighted by Gasteiger charge is -2.14. The number of aromatic nitrogens is 1. The molecule has 1 aliphatic rings. The van der Waals surface area contributed by atoms with Crippen LogP contribution in [0.4, 0.5) is 11.4 Å². The summed E-state index contributed by atoms with van der Waals surface area (Å²) in [6.45, 7) is 5.38. The molecule has 0 fully saturated rings. The number of fused-ring (bicyclic) bond motifs is 3. The summed E-state index contributed by atoms with van der Waals surface area (Å²) in [6, 6.07) is 7.72. The van der Waals surface area contributed by atoms with Gasteiger partial charge in [0.25, 0.3) is 0 Å². The molecule has 0 spiro atoms. The maximum Gasteiger partial charge on any atom is 0.357 e. The maximum absolute atomic E-state index is 13.0. The average Bonchev–Trinajstić information content (AvgIpc) is 3.30. The van der Waals surface area contributed by atoms with Gasteiger partial charge in [-0.15, -0.1) is 11.3 Å². The van der Waals surface area contributed by atoms with Crippen molar-refractivity contribution in [2.24, 2.45) is 0 Å². The summed E-state index contributed by atoms with van der Waals surface area (Å²) >= 11 is 1.60. The van der Waals surface area contributed by atoms with Crippen molar-refractivity contribution in [3.05, 3.63) is 46.0 Å². The lowest BCUT2D eigenvalue weighted by molar-refractivity contribution is -0.116. The number of esters is 1. The van der Waals surface area contributed by atoms with Gasteiger partial charge < -0.3 is 19.9 Å². The molecule has 0 atom stereocenters. The molecule has 1 aromatic carbocycles. The summed E-state index contributed by atoms with van der Waals surface area (Å²) in [7, 11) is 0. The summed E-state index contributed by atoms with van der Waals surface area (Å²) in [5.74, 6) is -1.06. The van der Waals surface area contributed by atoms with Crippen LogP contribution in [0.1, 0.15) is 60.1 Å². The Hall–Kier alpha value is -3.13. The van der Waals surface area contributed by atoms with Crippen molar-refractivity contribution < 1.29 is 19.1 Å². The summed E-state index contributed by atoms with van der Waals surface area (Å²) in [5, 5.41) is 6.65. The Morgan fingerprint density at radius 3 is 2.45 bits per heavy atom. The third-order valence-electron chi connectivity index (χ3n) is 5.87. The van der Waals surface area contributed by atoms with Gasteiger partial charge in [-0.2, -0.15) is 0 Å². The van der Waals surface area contributed by atoms with Crippen LogP contribution in [0.2, 0.25) is 0 Å². The summed E-state index contributed by atoms with van der Waals surface area (Å²) in [6.07, 6.45) is 4.97. The molecule has 174 valence electrons. The van der Waals surface area contributed by atoms with Gasteiger partial charge in [-0.05, 0) is 62.3 Å². The fourth-order valence-electron chi connectivity index (χ4n) is 4.38. The van der Waals surface area contributed by atoms with Crippen LogP contribution in [0.3, 0.4) is 0 Å². The smallest absolute Gasteiger partial charge is 0.357 e. The quantitative estimate of drug-likeness (QED) is 0.483. The highest BCUT2D eigenvalue weighted by Crippen LogP contribution is 2.44. The SMILES string of the molecule is CCOC(=O)c1c(NC(C)=O)c2c3c(sc2n1CC(=O)Nc1ccc(CC)cc1)CCCC3. The number of rotatable bonds is 7. The number of benzene rings is 1. The average molecular weight is 468 g/mol. The Bertz CT molecular complexity index is 1210. The molecule has 3 aromatic rings. The molecule has 4 rings (SSSR count). The number of aryl methyl sites for hydroxylation is 3. The van der Waals surface area contributed by atoms with Crippen LogP contribution in [0.15, 0.2) is 24.3 Å². The van der Waals surface area contributed by atoms with Crippen molar-refractivity contribution in [1.82, 2.24) is 4.57 Å². The fraction of sp³-hybridized carbons (Fsp3) is 0.400. The fourth-order valence-corrected chi connectivity index (χ4v) is 5.78. The molecular weight excluding hydrogens is 438 g/mol. The lowest BCUT2D eigenvalue weighted by Crippen LogP contribution is -2.23. The third kappa shape index (κ3) is 4.66. The lowest BCUT2D eigenvalue weighted by atomic mass is 9.96. The van der Waals surface area contributed by atoms with E-state index in [-0.39, 0.29) is 30.7 Å². The Morgan fingerprint density at radius 2 is 1.79 bits per heavy atom. The van der Waals surface area contributed by atoms with Gasteiger partial charge in [0.1, 0.15) is 11.4 Å². The molecule has 2 aromatic heterocycles. The number of ether oxygens (including phenoxy) is 1. The Kier molecular flexibility index (Phi) is 6.83. The highest BCUT2D eigenvalue weighted by Gasteiger charge is 2.31. The molecule has 0 unspecified atom stereocenters. The van der Waals surface area contributed by atoms with Gasteiger partial charge in [-0.3, -0.25) is 9.59 Å². The zero-order chi connectivity index (χ0) is 23.5. The molecule has 33 heavy (non-hydrogen) atoms. The molecule has 0 bridgehead atoms. The topological polar surface area (TPSA) is 89.4 Å². The molecule has 2 N–H and O–H groups in total. The second kappa shape index (κ2) is 9.79. The van der Waals surface area contributed by atoms with E-state index < -0.39 is 5.97 Å². The highest BCUT2D eigenvalue weighted by atomic mass is 32.1. The first kappa shape index (κ1) is 23.0. The second-order valence-electron chi connectivity index (χ2n) is 8.20. The van der Waals surface area contributed by atoms with Crippen molar-refractivity contribution >= 4 is 50.7 Å². The molecule has 7 nitrogen and oxygen atoms in total. The number of carbonyl (C=O) groups is 3. The Morgan fingerprint density at radius 1 is 1.06 bits per heavy atom. The number of nitrogens with zero attached hydrogens (tertiary/aromatic N) is 1. The molecule has 1 aliphatic carbocycles. The highest BCUT2D eigenvalue weighted by molar-refractivity contribution is 7.19. The summed E-state index contributed by atoms with van der Waals surface area (Å²) in [4.78, 5) is 40.2. The van der Waals surface area contributed by atoms with Crippen LogP contribution in [0.25, 0.3) is 10.2 Å². The van der Waals surface area contributed by atoms with Gasteiger partial charge in [0, 0.05) is 22.9 Å². The van der Waals surface area contributed by atoms with E-state index in [4.69, 9.17) is 4.74 Å². The Labute approximate surface area is 197 Å². The van der Waals surface area contributed by atoms with Crippen molar-refractivity contribution in [2.75, 3.05) is 17.2 Å². The van der Waals surface area contributed by atoms with Crippen LogP contribution in [0.5, 0.6) is 0 Å². The van der Waals surface area contributed by atoms with Crippen LogP contribution in [0, 0.1) is 0 Å². The minimum atomic E-state index is -0.547. The minimum absolute atomic E-state index is 0.0564. The number of hydrogen-bond donors (Lipinski definition) is 2.